The Labute approximate surface area is 171 Å². The third kappa shape index (κ3) is 3.70. The number of nitrogens with zero attached hydrogens (tertiary/aromatic N) is 4. The number of pyridine rings is 1. The molecule has 1 saturated heterocycles. The van der Waals surface area contributed by atoms with Crippen molar-refractivity contribution in [1.82, 2.24) is 14.8 Å². The number of amides is 1. The normalized spacial score (nSPS) is 17.6. The van der Waals surface area contributed by atoms with Gasteiger partial charge in [-0.15, -0.1) is 0 Å². The molecule has 5 nitrogen and oxygen atoms in total. The number of hydrogen-bond acceptors (Lipinski definition) is 4. The van der Waals surface area contributed by atoms with Gasteiger partial charge < -0.3 is 9.80 Å². The molecule has 2 aliphatic heterocycles. The molecule has 29 heavy (non-hydrogen) atoms. The molecule has 0 N–H and O–H groups in total. The topological polar surface area (TPSA) is 39.7 Å². The Bertz CT molecular complexity index is 1020. The van der Waals surface area contributed by atoms with Crippen LogP contribution in [-0.4, -0.2) is 60.0 Å². The van der Waals surface area contributed by atoms with Gasteiger partial charge in [0.2, 0.25) is 5.91 Å². The number of anilines is 1. The third-order valence-electron chi connectivity index (χ3n) is 6.18. The van der Waals surface area contributed by atoms with Gasteiger partial charge in [-0.3, -0.25) is 9.69 Å². The van der Waals surface area contributed by atoms with Crippen LogP contribution in [0.2, 0.25) is 0 Å². The predicted octanol–water partition coefficient (Wildman–Crippen LogP) is 2.94. The summed E-state index contributed by atoms with van der Waals surface area (Å²) in [6.45, 7) is 6.43. The van der Waals surface area contributed by atoms with E-state index in [1.54, 1.807) is 0 Å². The summed E-state index contributed by atoms with van der Waals surface area (Å²) in [5.74, 6) is 1.34. The Morgan fingerprint density at radius 2 is 1.59 bits per heavy atom. The fourth-order valence-corrected chi connectivity index (χ4v) is 4.46. The van der Waals surface area contributed by atoms with Gasteiger partial charge in [0.1, 0.15) is 5.82 Å². The number of aromatic nitrogens is 1. The fraction of sp³-hybridized carbons (Fsp3) is 0.333. The maximum Gasteiger partial charge on any atom is 0.227 e. The number of carbonyl (C=O) groups is 1. The van der Waals surface area contributed by atoms with Crippen molar-refractivity contribution in [2.75, 3.05) is 44.2 Å². The SMILES string of the molecule is O=C1Cc2ccccc2CN1CCN1CCN(c2nccc3ccccc23)CC1. The highest BCUT2D eigenvalue weighted by atomic mass is 16.2. The summed E-state index contributed by atoms with van der Waals surface area (Å²) >= 11 is 0. The van der Waals surface area contributed by atoms with Gasteiger partial charge in [-0.1, -0.05) is 48.5 Å². The minimum Gasteiger partial charge on any atom is -0.354 e. The van der Waals surface area contributed by atoms with Crippen LogP contribution in [0.15, 0.2) is 60.8 Å². The van der Waals surface area contributed by atoms with Crippen LogP contribution in [0.4, 0.5) is 5.82 Å². The summed E-state index contributed by atoms with van der Waals surface area (Å²) in [6, 6.07) is 18.8. The second-order valence-corrected chi connectivity index (χ2v) is 7.95. The Hall–Kier alpha value is -2.92. The lowest BCUT2D eigenvalue weighted by Gasteiger charge is -2.37. The van der Waals surface area contributed by atoms with E-state index in [0.717, 1.165) is 51.6 Å². The van der Waals surface area contributed by atoms with Crippen molar-refractivity contribution in [1.29, 1.82) is 0 Å². The molecule has 148 valence electrons. The highest BCUT2D eigenvalue weighted by Crippen LogP contribution is 2.25. The van der Waals surface area contributed by atoms with Crippen LogP contribution in [0.25, 0.3) is 10.8 Å². The van der Waals surface area contributed by atoms with Crippen molar-refractivity contribution in [2.45, 2.75) is 13.0 Å². The Morgan fingerprint density at radius 3 is 2.45 bits per heavy atom. The Balaban J connectivity index is 1.18. The molecule has 0 bridgehead atoms. The minimum absolute atomic E-state index is 0.252. The van der Waals surface area contributed by atoms with Gasteiger partial charge in [-0.05, 0) is 22.6 Å². The predicted molar refractivity (Wildman–Crippen MR) is 116 cm³/mol. The lowest BCUT2D eigenvalue weighted by atomic mass is 9.99. The van der Waals surface area contributed by atoms with Crippen LogP contribution in [0.3, 0.4) is 0 Å². The molecule has 5 rings (SSSR count). The highest BCUT2D eigenvalue weighted by molar-refractivity contribution is 5.92. The smallest absolute Gasteiger partial charge is 0.227 e. The zero-order valence-corrected chi connectivity index (χ0v) is 16.6. The first-order chi connectivity index (χ1) is 14.3. The summed E-state index contributed by atoms with van der Waals surface area (Å²) < 4.78 is 0. The lowest BCUT2D eigenvalue weighted by molar-refractivity contribution is -0.132. The summed E-state index contributed by atoms with van der Waals surface area (Å²) in [7, 11) is 0. The lowest BCUT2D eigenvalue weighted by Crippen LogP contribution is -2.49. The Morgan fingerprint density at radius 1 is 0.828 bits per heavy atom. The molecule has 0 saturated carbocycles. The molecule has 0 unspecified atom stereocenters. The first-order valence-electron chi connectivity index (χ1n) is 10.4. The van der Waals surface area contributed by atoms with E-state index in [4.69, 9.17) is 0 Å². The molecular formula is C24H26N4O. The van der Waals surface area contributed by atoms with Crippen molar-refractivity contribution < 1.29 is 4.79 Å². The zero-order valence-electron chi connectivity index (χ0n) is 16.6. The maximum absolute atomic E-state index is 12.5. The molecule has 3 heterocycles. The molecule has 0 atom stereocenters. The van der Waals surface area contributed by atoms with Gasteiger partial charge in [0.15, 0.2) is 0 Å². The first kappa shape index (κ1) is 18.1. The van der Waals surface area contributed by atoms with Gasteiger partial charge in [0.25, 0.3) is 0 Å². The van der Waals surface area contributed by atoms with Crippen LogP contribution < -0.4 is 4.90 Å². The van der Waals surface area contributed by atoms with Crippen LogP contribution >= 0.6 is 0 Å². The molecule has 5 heteroatoms. The van der Waals surface area contributed by atoms with E-state index in [-0.39, 0.29) is 5.91 Å². The maximum atomic E-state index is 12.5. The van der Waals surface area contributed by atoms with Crippen LogP contribution in [0.5, 0.6) is 0 Å². The van der Waals surface area contributed by atoms with Gasteiger partial charge in [0.05, 0.1) is 6.42 Å². The average Bonchev–Trinajstić information content (AvgIpc) is 2.78. The molecular weight excluding hydrogens is 360 g/mol. The molecule has 0 aliphatic carbocycles. The second kappa shape index (κ2) is 7.84. The van der Waals surface area contributed by atoms with E-state index in [1.165, 1.54) is 21.9 Å². The molecule has 3 aromatic rings. The molecule has 0 spiro atoms. The van der Waals surface area contributed by atoms with E-state index >= 15 is 0 Å². The standard InChI is InChI=1S/C24H26N4O/c29-23-17-20-6-1-2-7-21(20)18-28(23)16-13-26-11-14-27(15-12-26)24-22-8-4-3-5-19(22)9-10-25-24/h1-10H,11-18H2. The first-order valence-corrected chi connectivity index (χ1v) is 10.4. The van der Waals surface area contributed by atoms with E-state index in [9.17, 15) is 4.79 Å². The van der Waals surface area contributed by atoms with Gasteiger partial charge in [0, 0.05) is 57.4 Å². The van der Waals surface area contributed by atoms with E-state index in [0.29, 0.717) is 6.42 Å². The van der Waals surface area contributed by atoms with E-state index in [1.807, 2.05) is 17.2 Å². The van der Waals surface area contributed by atoms with Crippen molar-refractivity contribution in [3.8, 4) is 0 Å². The molecule has 0 radical (unpaired) electrons. The minimum atomic E-state index is 0.252. The monoisotopic (exact) mass is 386 g/mol. The van der Waals surface area contributed by atoms with Crippen molar-refractivity contribution >= 4 is 22.5 Å². The molecule has 1 fully saturated rings. The molecule has 2 aromatic carbocycles. The summed E-state index contributed by atoms with van der Waals surface area (Å²) in [5, 5.41) is 2.46. The highest BCUT2D eigenvalue weighted by Gasteiger charge is 2.24. The van der Waals surface area contributed by atoms with Crippen molar-refractivity contribution in [3.05, 3.63) is 71.9 Å². The zero-order chi connectivity index (χ0) is 19.6. The number of benzene rings is 2. The summed E-state index contributed by atoms with van der Waals surface area (Å²) in [5.41, 5.74) is 2.48. The summed E-state index contributed by atoms with van der Waals surface area (Å²) in [6.07, 6.45) is 2.44. The second-order valence-electron chi connectivity index (χ2n) is 7.95. The van der Waals surface area contributed by atoms with Crippen molar-refractivity contribution in [2.24, 2.45) is 0 Å². The quantitative estimate of drug-likeness (QED) is 0.691. The number of carbonyl (C=O) groups excluding carboxylic acids is 1. The number of rotatable bonds is 4. The average molecular weight is 386 g/mol. The molecule has 1 aromatic heterocycles. The fourth-order valence-electron chi connectivity index (χ4n) is 4.46. The van der Waals surface area contributed by atoms with Crippen molar-refractivity contribution in [3.63, 3.8) is 0 Å². The molecule has 2 aliphatic rings. The number of piperazine rings is 1. The Kier molecular flexibility index (Phi) is 4.90. The van der Waals surface area contributed by atoms with E-state index < -0.39 is 0 Å². The summed E-state index contributed by atoms with van der Waals surface area (Å²) in [4.78, 5) is 24.0. The van der Waals surface area contributed by atoms with Gasteiger partial charge in [-0.25, -0.2) is 4.98 Å². The van der Waals surface area contributed by atoms with Gasteiger partial charge >= 0.3 is 0 Å². The van der Waals surface area contributed by atoms with Crippen LogP contribution in [-0.2, 0) is 17.8 Å². The van der Waals surface area contributed by atoms with Crippen LogP contribution in [0, 0.1) is 0 Å². The number of hydrogen-bond donors (Lipinski definition) is 0. The number of fused-ring (bicyclic) bond motifs is 2. The van der Waals surface area contributed by atoms with E-state index in [2.05, 4.69) is 63.3 Å². The molecule has 1 amide bonds. The van der Waals surface area contributed by atoms with Crippen LogP contribution in [0.1, 0.15) is 11.1 Å². The van der Waals surface area contributed by atoms with Gasteiger partial charge in [-0.2, -0.15) is 0 Å². The largest absolute Gasteiger partial charge is 0.354 e. The third-order valence-corrected chi connectivity index (χ3v) is 6.18.